The zero-order valence-electron chi connectivity index (χ0n) is 8.76. The molecule has 15 heavy (non-hydrogen) atoms. The Morgan fingerprint density at radius 1 is 1.47 bits per heavy atom. The van der Waals surface area contributed by atoms with E-state index in [-0.39, 0.29) is 6.61 Å². The van der Waals surface area contributed by atoms with Crippen molar-refractivity contribution in [2.45, 2.75) is 25.4 Å². The van der Waals surface area contributed by atoms with Crippen LogP contribution in [-0.2, 0) is 6.54 Å². The van der Waals surface area contributed by atoms with Gasteiger partial charge in [0.15, 0.2) is 0 Å². The highest BCUT2D eigenvalue weighted by atomic mass is 16.3. The molecule has 1 aliphatic rings. The number of hydrogen-bond donors (Lipinski definition) is 2. The Morgan fingerprint density at radius 2 is 2.27 bits per heavy atom. The first-order chi connectivity index (χ1) is 7.35. The monoisotopic (exact) mass is 207 g/mol. The first kappa shape index (κ1) is 10.4. The molecule has 0 radical (unpaired) electrons. The van der Waals surface area contributed by atoms with Crippen molar-refractivity contribution < 1.29 is 5.11 Å². The molecule has 0 atom stereocenters. The molecule has 4 nitrogen and oxygen atoms in total. The lowest BCUT2D eigenvalue weighted by Gasteiger charge is -2.22. The van der Waals surface area contributed by atoms with Gasteiger partial charge in [-0.1, -0.05) is 6.07 Å². The highest BCUT2D eigenvalue weighted by Crippen LogP contribution is 2.30. The molecule has 82 valence electrons. The second-order valence-electron chi connectivity index (χ2n) is 3.84. The molecule has 3 N–H and O–H groups in total. The van der Waals surface area contributed by atoms with Gasteiger partial charge in [0.2, 0.25) is 0 Å². The summed E-state index contributed by atoms with van der Waals surface area (Å²) in [5.74, 6) is 0.939. The maximum atomic E-state index is 9.01. The van der Waals surface area contributed by atoms with Crippen molar-refractivity contribution in [2.75, 3.05) is 18.1 Å². The predicted molar refractivity (Wildman–Crippen MR) is 59.6 cm³/mol. The molecule has 4 heteroatoms. The summed E-state index contributed by atoms with van der Waals surface area (Å²) in [5.41, 5.74) is 6.45. The number of rotatable bonds is 5. The average Bonchev–Trinajstić information content (AvgIpc) is 3.10. The molecular formula is C11H17N3O. The van der Waals surface area contributed by atoms with Crippen LogP contribution in [0, 0.1) is 0 Å². The lowest BCUT2D eigenvalue weighted by atomic mass is 10.3. The molecule has 0 unspecified atom stereocenters. The first-order valence-corrected chi connectivity index (χ1v) is 5.38. The number of pyridine rings is 1. The zero-order valence-corrected chi connectivity index (χ0v) is 8.76. The van der Waals surface area contributed by atoms with Crippen molar-refractivity contribution in [1.29, 1.82) is 0 Å². The normalized spacial score (nSPS) is 15.3. The predicted octanol–water partition coefficient (Wildman–Crippen LogP) is 0.501. The van der Waals surface area contributed by atoms with Crippen molar-refractivity contribution in [3.05, 3.63) is 23.9 Å². The SMILES string of the molecule is NCc1cccc(N(CCO)C2CC2)n1. The molecular weight excluding hydrogens is 190 g/mol. The third-order valence-electron chi connectivity index (χ3n) is 2.62. The highest BCUT2D eigenvalue weighted by Gasteiger charge is 2.29. The summed E-state index contributed by atoms with van der Waals surface area (Å²) < 4.78 is 0. The van der Waals surface area contributed by atoms with Gasteiger partial charge in [-0.25, -0.2) is 4.98 Å². The van der Waals surface area contributed by atoms with Gasteiger partial charge in [-0.15, -0.1) is 0 Å². The van der Waals surface area contributed by atoms with E-state index in [1.54, 1.807) is 0 Å². The summed E-state index contributed by atoms with van der Waals surface area (Å²) in [6, 6.07) is 6.44. The fourth-order valence-electron chi connectivity index (χ4n) is 1.72. The van der Waals surface area contributed by atoms with Gasteiger partial charge in [0.1, 0.15) is 5.82 Å². The molecule has 2 rings (SSSR count). The van der Waals surface area contributed by atoms with Crippen LogP contribution >= 0.6 is 0 Å². The van der Waals surface area contributed by atoms with E-state index in [2.05, 4.69) is 9.88 Å². The van der Waals surface area contributed by atoms with E-state index < -0.39 is 0 Å². The largest absolute Gasteiger partial charge is 0.395 e. The van der Waals surface area contributed by atoms with Gasteiger partial charge >= 0.3 is 0 Å². The van der Waals surface area contributed by atoms with Crippen LogP contribution in [0.3, 0.4) is 0 Å². The topological polar surface area (TPSA) is 62.4 Å². The van der Waals surface area contributed by atoms with E-state index >= 15 is 0 Å². The summed E-state index contributed by atoms with van der Waals surface area (Å²) >= 11 is 0. The van der Waals surface area contributed by atoms with E-state index in [4.69, 9.17) is 10.8 Å². The van der Waals surface area contributed by atoms with Crippen LogP contribution in [-0.4, -0.2) is 29.3 Å². The minimum absolute atomic E-state index is 0.172. The number of nitrogens with two attached hydrogens (primary N) is 1. The molecule has 0 spiro atoms. The van der Waals surface area contributed by atoms with Gasteiger partial charge in [-0.2, -0.15) is 0 Å². The number of aliphatic hydroxyl groups is 1. The second-order valence-corrected chi connectivity index (χ2v) is 3.84. The minimum atomic E-state index is 0.172. The highest BCUT2D eigenvalue weighted by molar-refractivity contribution is 5.42. The fraction of sp³-hybridized carbons (Fsp3) is 0.545. The molecule has 0 bridgehead atoms. The Bertz CT molecular complexity index is 325. The second kappa shape index (κ2) is 4.59. The molecule has 0 amide bonds. The van der Waals surface area contributed by atoms with Gasteiger partial charge in [-0.05, 0) is 25.0 Å². The van der Waals surface area contributed by atoms with Crippen molar-refractivity contribution in [2.24, 2.45) is 5.73 Å². The van der Waals surface area contributed by atoms with Gasteiger partial charge < -0.3 is 15.7 Å². The smallest absolute Gasteiger partial charge is 0.129 e. The standard InChI is InChI=1S/C11H17N3O/c12-8-9-2-1-3-11(13-9)14(6-7-15)10-4-5-10/h1-3,10,15H,4-8,12H2. The summed E-state index contributed by atoms with van der Waals surface area (Å²) in [4.78, 5) is 6.63. The van der Waals surface area contributed by atoms with Crippen molar-refractivity contribution >= 4 is 5.82 Å². The summed E-state index contributed by atoms with van der Waals surface area (Å²) in [5, 5.41) is 9.01. The van der Waals surface area contributed by atoms with Crippen LogP contribution < -0.4 is 10.6 Å². The molecule has 0 aromatic carbocycles. The molecule has 1 saturated carbocycles. The minimum Gasteiger partial charge on any atom is -0.395 e. The van der Waals surface area contributed by atoms with Crippen molar-refractivity contribution in [3.63, 3.8) is 0 Å². The van der Waals surface area contributed by atoms with E-state index in [0.29, 0.717) is 19.1 Å². The van der Waals surface area contributed by atoms with E-state index in [9.17, 15) is 0 Å². The average molecular weight is 207 g/mol. The van der Waals surface area contributed by atoms with Gasteiger partial charge in [0, 0.05) is 19.1 Å². The third-order valence-corrected chi connectivity index (χ3v) is 2.62. The first-order valence-electron chi connectivity index (χ1n) is 5.38. The third kappa shape index (κ3) is 2.46. The molecule has 0 aliphatic heterocycles. The molecule has 1 aromatic heterocycles. The molecule has 1 aromatic rings. The Hall–Kier alpha value is -1.13. The Morgan fingerprint density at radius 3 is 2.87 bits per heavy atom. The number of nitrogens with zero attached hydrogens (tertiary/aromatic N) is 2. The van der Waals surface area contributed by atoms with Crippen molar-refractivity contribution in [3.8, 4) is 0 Å². The summed E-state index contributed by atoms with van der Waals surface area (Å²) in [6.07, 6.45) is 2.41. The van der Waals surface area contributed by atoms with Gasteiger partial charge in [0.05, 0.1) is 12.3 Å². The van der Waals surface area contributed by atoms with Crippen LogP contribution in [0.2, 0.25) is 0 Å². The fourth-order valence-corrected chi connectivity index (χ4v) is 1.72. The summed E-state index contributed by atoms with van der Waals surface area (Å²) in [7, 11) is 0. The Balaban J connectivity index is 2.16. The Labute approximate surface area is 89.7 Å². The summed E-state index contributed by atoms with van der Waals surface area (Å²) in [6.45, 7) is 1.29. The number of hydrogen-bond acceptors (Lipinski definition) is 4. The van der Waals surface area contributed by atoms with Crippen LogP contribution in [0.4, 0.5) is 5.82 Å². The molecule has 1 fully saturated rings. The lowest BCUT2D eigenvalue weighted by Crippen LogP contribution is -2.29. The van der Waals surface area contributed by atoms with Crippen LogP contribution in [0.15, 0.2) is 18.2 Å². The molecule has 0 saturated heterocycles. The van der Waals surface area contributed by atoms with Crippen LogP contribution in [0.25, 0.3) is 0 Å². The Kier molecular flexibility index (Phi) is 3.18. The van der Waals surface area contributed by atoms with E-state index in [1.165, 1.54) is 12.8 Å². The van der Waals surface area contributed by atoms with Crippen LogP contribution in [0.5, 0.6) is 0 Å². The zero-order chi connectivity index (χ0) is 10.7. The van der Waals surface area contributed by atoms with Crippen LogP contribution in [0.1, 0.15) is 18.5 Å². The number of anilines is 1. The molecule has 1 aliphatic carbocycles. The number of aliphatic hydroxyl groups excluding tert-OH is 1. The maximum absolute atomic E-state index is 9.01. The quantitative estimate of drug-likeness (QED) is 0.738. The van der Waals surface area contributed by atoms with Gasteiger partial charge in [-0.3, -0.25) is 0 Å². The number of aromatic nitrogens is 1. The van der Waals surface area contributed by atoms with Crippen molar-refractivity contribution in [1.82, 2.24) is 4.98 Å². The lowest BCUT2D eigenvalue weighted by molar-refractivity contribution is 0.301. The molecule has 1 heterocycles. The van der Waals surface area contributed by atoms with E-state index in [1.807, 2.05) is 18.2 Å². The van der Waals surface area contributed by atoms with Gasteiger partial charge in [0.25, 0.3) is 0 Å². The maximum Gasteiger partial charge on any atom is 0.129 e. The van der Waals surface area contributed by atoms with E-state index in [0.717, 1.165) is 11.5 Å².